The van der Waals surface area contributed by atoms with Gasteiger partial charge in [-0.05, 0) is 43.2 Å². The standard InChI is InChI=1S/C22H27N3O3/c1-2-20(26)15-24(18-9-4-3-5-10-18)16-21(27)23-17-8-6-11-19(14-17)25-13-7-12-22(25)28/h3-6,8-11,14,20,26H,2,7,12-13,15-16H2,1H3,(H,23,27). The zero-order valence-electron chi connectivity index (χ0n) is 16.2. The lowest BCUT2D eigenvalue weighted by Crippen LogP contribution is -2.38. The van der Waals surface area contributed by atoms with Gasteiger partial charge in [0.15, 0.2) is 0 Å². The number of carbonyl (C=O) groups excluding carboxylic acids is 2. The first kappa shape index (κ1) is 19.9. The largest absolute Gasteiger partial charge is 0.391 e. The molecular weight excluding hydrogens is 354 g/mol. The molecule has 1 atom stereocenters. The number of anilines is 3. The van der Waals surface area contributed by atoms with E-state index in [0.717, 1.165) is 17.8 Å². The van der Waals surface area contributed by atoms with Gasteiger partial charge in [-0.25, -0.2) is 0 Å². The van der Waals surface area contributed by atoms with Crippen LogP contribution < -0.4 is 15.1 Å². The Morgan fingerprint density at radius 2 is 2.00 bits per heavy atom. The second-order valence-electron chi connectivity index (χ2n) is 7.03. The molecule has 2 N–H and O–H groups in total. The van der Waals surface area contributed by atoms with E-state index in [1.165, 1.54) is 0 Å². The number of para-hydroxylation sites is 1. The summed E-state index contributed by atoms with van der Waals surface area (Å²) in [6.45, 7) is 3.15. The molecule has 1 aliphatic rings. The molecule has 1 heterocycles. The minimum absolute atomic E-state index is 0.118. The van der Waals surface area contributed by atoms with E-state index in [9.17, 15) is 14.7 Å². The van der Waals surface area contributed by atoms with E-state index < -0.39 is 6.10 Å². The van der Waals surface area contributed by atoms with Crippen LogP contribution in [0, 0.1) is 0 Å². The molecule has 0 spiro atoms. The van der Waals surface area contributed by atoms with Crippen LogP contribution in [-0.4, -0.2) is 42.7 Å². The fourth-order valence-electron chi connectivity index (χ4n) is 3.33. The number of aliphatic hydroxyl groups is 1. The van der Waals surface area contributed by atoms with Crippen LogP contribution in [0.1, 0.15) is 26.2 Å². The summed E-state index contributed by atoms with van der Waals surface area (Å²) in [6, 6.07) is 17.0. The third-order valence-corrected chi connectivity index (χ3v) is 4.87. The number of carbonyl (C=O) groups is 2. The fourth-order valence-corrected chi connectivity index (χ4v) is 3.33. The van der Waals surface area contributed by atoms with Gasteiger partial charge in [0.1, 0.15) is 0 Å². The van der Waals surface area contributed by atoms with E-state index in [1.807, 2.05) is 66.4 Å². The molecule has 0 aliphatic carbocycles. The van der Waals surface area contributed by atoms with Crippen LogP contribution in [0.15, 0.2) is 54.6 Å². The molecule has 0 aromatic heterocycles. The summed E-state index contributed by atoms with van der Waals surface area (Å²) in [4.78, 5) is 28.2. The van der Waals surface area contributed by atoms with Crippen molar-refractivity contribution in [1.82, 2.24) is 0 Å². The maximum Gasteiger partial charge on any atom is 0.243 e. The van der Waals surface area contributed by atoms with Crippen molar-refractivity contribution in [3.8, 4) is 0 Å². The van der Waals surface area contributed by atoms with E-state index in [2.05, 4.69) is 5.32 Å². The molecule has 1 fully saturated rings. The van der Waals surface area contributed by atoms with E-state index >= 15 is 0 Å². The molecule has 2 amide bonds. The van der Waals surface area contributed by atoms with Crippen LogP contribution in [0.3, 0.4) is 0 Å². The number of benzene rings is 2. The van der Waals surface area contributed by atoms with Crippen LogP contribution in [0.25, 0.3) is 0 Å². The molecule has 6 heteroatoms. The predicted molar refractivity (Wildman–Crippen MR) is 112 cm³/mol. The monoisotopic (exact) mass is 381 g/mol. The number of hydrogen-bond donors (Lipinski definition) is 2. The van der Waals surface area contributed by atoms with Gasteiger partial charge in [-0.2, -0.15) is 0 Å². The van der Waals surface area contributed by atoms with Crippen molar-refractivity contribution in [3.05, 3.63) is 54.6 Å². The summed E-state index contributed by atoms with van der Waals surface area (Å²) in [7, 11) is 0. The van der Waals surface area contributed by atoms with Crippen molar-refractivity contribution in [2.75, 3.05) is 34.8 Å². The number of rotatable bonds is 8. The van der Waals surface area contributed by atoms with Gasteiger partial charge in [0, 0.05) is 36.6 Å². The lowest BCUT2D eigenvalue weighted by atomic mass is 10.2. The fraction of sp³-hybridized carbons (Fsp3) is 0.364. The summed E-state index contributed by atoms with van der Waals surface area (Å²) < 4.78 is 0. The van der Waals surface area contributed by atoms with Crippen molar-refractivity contribution in [2.45, 2.75) is 32.3 Å². The van der Waals surface area contributed by atoms with E-state index in [1.54, 1.807) is 4.90 Å². The Morgan fingerprint density at radius 1 is 1.21 bits per heavy atom. The van der Waals surface area contributed by atoms with Gasteiger partial charge in [0.05, 0.1) is 12.6 Å². The first-order chi connectivity index (χ1) is 13.6. The maximum atomic E-state index is 12.6. The third kappa shape index (κ3) is 5.10. The van der Waals surface area contributed by atoms with E-state index in [-0.39, 0.29) is 18.4 Å². The Morgan fingerprint density at radius 3 is 2.68 bits per heavy atom. The SMILES string of the molecule is CCC(O)CN(CC(=O)Nc1cccc(N2CCCC2=O)c1)c1ccccc1. The van der Waals surface area contributed by atoms with Crippen molar-refractivity contribution in [3.63, 3.8) is 0 Å². The minimum atomic E-state index is -0.502. The van der Waals surface area contributed by atoms with Crippen LogP contribution in [0.4, 0.5) is 17.1 Å². The molecule has 3 rings (SSSR count). The van der Waals surface area contributed by atoms with Gasteiger partial charge in [0.2, 0.25) is 11.8 Å². The predicted octanol–water partition coefficient (Wildman–Crippen LogP) is 3.03. The lowest BCUT2D eigenvalue weighted by molar-refractivity contribution is -0.117. The molecule has 0 bridgehead atoms. The molecule has 148 valence electrons. The number of nitrogens with one attached hydrogen (secondary N) is 1. The van der Waals surface area contributed by atoms with Crippen molar-refractivity contribution in [1.29, 1.82) is 0 Å². The van der Waals surface area contributed by atoms with Crippen molar-refractivity contribution >= 4 is 28.9 Å². The Kier molecular flexibility index (Phi) is 6.66. The zero-order chi connectivity index (χ0) is 19.9. The highest BCUT2D eigenvalue weighted by Crippen LogP contribution is 2.24. The summed E-state index contributed by atoms with van der Waals surface area (Å²) in [6.07, 6.45) is 1.55. The second kappa shape index (κ2) is 9.37. The molecule has 0 radical (unpaired) electrons. The lowest BCUT2D eigenvalue weighted by Gasteiger charge is -2.26. The second-order valence-corrected chi connectivity index (χ2v) is 7.03. The topological polar surface area (TPSA) is 72.9 Å². The summed E-state index contributed by atoms with van der Waals surface area (Å²) in [5.74, 6) is -0.0515. The maximum absolute atomic E-state index is 12.6. The molecule has 1 aliphatic heterocycles. The van der Waals surface area contributed by atoms with Crippen LogP contribution in [0.5, 0.6) is 0 Å². The number of amides is 2. The molecule has 6 nitrogen and oxygen atoms in total. The molecule has 2 aromatic rings. The Bertz CT molecular complexity index is 810. The normalized spacial score (nSPS) is 14.8. The molecule has 1 saturated heterocycles. The third-order valence-electron chi connectivity index (χ3n) is 4.87. The van der Waals surface area contributed by atoms with Crippen LogP contribution in [0.2, 0.25) is 0 Å². The summed E-state index contributed by atoms with van der Waals surface area (Å²) in [5.41, 5.74) is 2.36. The number of hydrogen-bond acceptors (Lipinski definition) is 4. The molecule has 1 unspecified atom stereocenters. The highest BCUT2D eigenvalue weighted by molar-refractivity contribution is 5.97. The summed E-state index contributed by atoms with van der Waals surface area (Å²) >= 11 is 0. The first-order valence-electron chi connectivity index (χ1n) is 9.75. The average Bonchev–Trinajstić information content (AvgIpc) is 3.14. The van der Waals surface area contributed by atoms with Gasteiger partial charge in [-0.1, -0.05) is 31.2 Å². The minimum Gasteiger partial charge on any atom is -0.391 e. The highest BCUT2D eigenvalue weighted by atomic mass is 16.3. The van der Waals surface area contributed by atoms with Crippen molar-refractivity contribution < 1.29 is 14.7 Å². The smallest absolute Gasteiger partial charge is 0.243 e. The summed E-state index contributed by atoms with van der Waals surface area (Å²) in [5, 5.41) is 13.0. The average molecular weight is 381 g/mol. The molecular formula is C22H27N3O3. The van der Waals surface area contributed by atoms with E-state index in [4.69, 9.17) is 0 Å². The van der Waals surface area contributed by atoms with Gasteiger partial charge in [-0.15, -0.1) is 0 Å². The van der Waals surface area contributed by atoms with Crippen LogP contribution >= 0.6 is 0 Å². The Labute approximate surface area is 165 Å². The molecule has 2 aromatic carbocycles. The number of nitrogens with zero attached hydrogens (tertiary/aromatic N) is 2. The Balaban J connectivity index is 1.68. The first-order valence-corrected chi connectivity index (χ1v) is 9.75. The van der Waals surface area contributed by atoms with Gasteiger partial charge in [0.25, 0.3) is 0 Å². The quantitative estimate of drug-likeness (QED) is 0.737. The van der Waals surface area contributed by atoms with Gasteiger partial charge in [-0.3, -0.25) is 9.59 Å². The Hall–Kier alpha value is -2.86. The zero-order valence-corrected chi connectivity index (χ0v) is 16.2. The number of aliphatic hydroxyl groups excluding tert-OH is 1. The van der Waals surface area contributed by atoms with Crippen molar-refractivity contribution in [2.24, 2.45) is 0 Å². The highest BCUT2D eigenvalue weighted by Gasteiger charge is 2.22. The molecule has 0 saturated carbocycles. The van der Waals surface area contributed by atoms with E-state index in [0.29, 0.717) is 31.6 Å². The van der Waals surface area contributed by atoms with Crippen LogP contribution in [-0.2, 0) is 9.59 Å². The van der Waals surface area contributed by atoms with Gasteiger partial charge < -0.3 is 20.2 Å². The molecule has 28 heavy (non-hydrogen) atoms. The van der Waals surface area contributed by atoms with Gasteiger partial charge >= 0.3 is 0 Å².